The molecule has 0 spiro atoms. The van der Waals surface area contributed by atoms with Gasteiger partial charge in [-0.25, -0.2) is 8.78 Å². The molecule has 1 aromatic carbocycles. The van der Waals surface area contributed by atoms with Crippen molar-refractivity contribution in [2.45, 2.75) is 12.1 Å². The molecule has 112 valence electrons. The maximum absolute atomic E-state index is 13.8. The van der Waals surface area contributed by atoms with Gasteiger partial charge < -0.3 is 20.7 Å². The second kappa shape index (κ2) is 5.04. The van der Waals surface area contributed by atoms with Crippen LogP contribution in [0.4, 0.5) is 8.78 Å². The van der Waals surface area contributed by atoms with Gasteiger partial charge in [-0.2, -0.15) is 0 Å². The normalized spacial score (nSPS) is 22.2. The third kappa shape index (κ3) is 2.33. The quantitative estimate of drug-likeness (QED) is 0.672. The fourth-order valence-electron chi connectivity index (χ4n) is 2.44. The van der Waals surface area contributed by atoms with Crippen molar-refractivity contribution in [2.75, 3.05) is 13.1 Å². The standard InChI is InChI=1S/C13H12BrF2N3O2/c14-6-1-5-2-8(18-12(5)11(16)10(6)15)13(21)19-3-7(17)9(20)4-19/h1-2,7,9,18,20H,3-4,17H2/t7-,9+/m0/s1. The molecule has 1 saturated heterocycles. The minimum Gasteiger partial charge on any atom is -0.390 e. The average molecular weight is 360 g/mol. The van der Waals surface area contributed by atoms with Gasteiger partial charge in [0.2, 0.25) is 0 Å². The summed E-state index contributed by atoms with van der Waals surface area (Å²) < 4.78 is 27.3. The minimum atomic E-state index is -1.04. The summed E-state index contributed by atoms with van der Waals surface area (Å²) in [6.45, 7) is 0.339. The van der Waals surface area contributed by atoms with Crippen molar-refractivity contribution in [2.24, 2.45) is 5.73 Å². The number of aromatic nitrogens is 1. The lowest BCUT2D eigenvalue weighted by Crippen LogP contribution is -2.33. The first-order valence-corrected chi connectivity index (χ1v) is 7.07. The molecule has 21 heavy (non-hydrogen) atoms. The highest BCUT2D eigenvalue weighted by atomic mass is 79.9. The van der Waals surface area contributed by atoms with Gasteiger partial charge in [0.05, 0.1) is 16.1 Å². The van der Waals surface area contributed by atoms with Crippen LogP contribution in [0.2, 0.25) is 0 Å². The molecular formula is C13H12BrF2N3O2. The Bertz CT molecular complexity index is 724. The minimum absolute atomic E-state index is 0.0101. The molecule has 0 aliphatic carbocycles. The van der Waals surface area contributed by atoms with E-state index in [1.165, 1.54) is 17.0 Å². The Morgan fingerprint density at radius 2 is 2.10 bits per heavy atom. The monoisotopic (exact) mass is 359 g/mol. The van der Waals surface area contributed by atoms with Crippen LogP contribution in [0.15, 0.2) is 16.6 Å². The summed E-state index contributed by atoms with van der Waals surface area (Å²) in [6, 6.07) is 2.34. The Kier molecular flexibility index (Phi) is 3.46. The first-order chi connectivity index (χ1) is 9.88. The highest BCUT2D eigenvalue weighted by Crippen LogP contribution is 2.28. The topological polar surface area (TPSA) is 82.3 Å². The lowest BCUT2D eigenvalue weighted by Gasteiger charge is -2.13. The number of amides is 1. The molecule has 1 aliphatic rings. The van der Waals surface area contributed by atoms with Gasteiger partial charge in [-0.15, -0.1) is 0 Å². The number of nitrogens with zero attached hydrogens (tertiary/aromatic N) is 1. The van der Waals surface area contributed by atoms with E-state index < -0.39 is 29.7 Å². The molecule has 2 aromatic rings. The van der Waals surface area contributed by atoms with Crippen molar-refractivity contribution >= 4 is 32.7 Å². The summed E-state index contributed by atoms with van der Waals surface area (Å²) in [4.78, 5) is 16.3. The van der Waals surface area contributed by atoms with Gasteiger partial charge in [-0.1, -0.05) is 0 Å². The largest absolute Gasteiger partial charge is 0.390 e. The first-order valence-electron chi connectivity index (χ1n) is 6.27. The number of aliphatic hydroxyl groups excluding tert-OH is 1. The molecule has 0 saturated carbocycles. The molecule has 2 atom stereocenters. The molecule has 0 radical (unpaired) electrons. The molecule has 1 fully saturated rings. The van der Waals surface area contributed by atoms with E-state index in [1.54, 1.807) is 0 Å². The van der Waals surface area contributed by atoms with E-state index in [1.807, 2.05) is 0 Å². The fraction of sp³-hybridized carbons (Fsp3) is 0.308. The van der Waals surface area contributed by atoms with Gasteiger partial charge in [-0.3, -0.25) is 4.79 Å². The predicted octanol–water partition coefficient (Wildman–Crippen LogP) is 1.35. The van der Waals surface area contributed by atoms with E-state index in [-0.39, 0.29) is 28.8 Å². The number of aliphatic hydroxyl groups is 1. The molecule has 1 aliphatic heterocycles. The zero-order valence-electron chi connectivity index (χ0n) is 10.7. The van der Waals surface area contributed by atoms with Crippen LogP contribution >= 0.6 is 15.9 Å². The number of rotatable bonds is 1. The van der Waals surface area contributed by atoms with Crippen LogP contribution in [0.1, 0.15) is 10.5 Å². The number of fused-ring (bicyclic) bond motifs is 1. The van der Waals surface area contributed by atoms with Crippen molar-refractivity contribution in [1.82, 2.24) is 9.88 Å². The number of hydrogen-bond acceptors (Lipinski definition) is 3. The Morgan fingerprint density at radius 3 is 2.71 bits per heavy atom. The third-order valence-electron chi connectivity index (χ3n) is 3.60. The molecule has 1 amide bonds. The Balaban J connectivity index is 1.98. The fourth-order valence-corrected chi connectivity index (χ4v) is 2.86. The van der Waals surface area contributed by atoms with Crippen LogP contribution in [0.3, 0.4) is 0 Å². The third-order valence-corrected chi connectivity index (χ3v) is 4.18. The van der Waals surface area contributed by atoms with E-state index in [2.05, 4.69) is 20.9 Å². The van der Waals surface area contributed by atoms with E-state index in [9.17, 15) is 18.7 Å². The number of aromatic amines is 1. The highest BCUT2D eigenvalue weighted by molar-refractivity contribution is 9.10. The van der Waals surface area contributed by atoms with Crippen molar-refractivity contribution in [1.29, 1.82) is 0 Å². The SMILES string of the molecule is N[C@H]1CN(C(=O)c2cc3cc(Br)c(F)c(F)c3[nH]2)C[C@H]1O. The zero-order valence-corrected chi connectivity index (χ0v) is 12.3. The summed E-state index contributed by atoms with van der Waals surface area (Å²) >= 11 is 2.92. The molecule has 2 heterocycles. The summed E-state index contributed by atoms with van der Waals surface area (Å²) in [7, 11) is 0. The van der Waals surface area contributed by atoms with Crippen LogP contribution in [-0.2, 0) is 0 Å². The highest BCUT2D eigenvalue weighted by Gasteiger charge is 2.32. The summed E-state index contributed by atoms with van der Waals surface area (Å²) in [5.41, 5.74) is 5.71. The number of nitrogens with two attached hydrogens (primary N) is 1. The summed E-state index contributed by atoms with van der Waals surface area (Å²) in [6.07, 6.45) is -0.776. The molecular weight excluding hydrogens is 348 g/mol. The second-order valence-electron chi connectivity index (χ2n) is 5.07. The van der Waals surface area contributed by atoms with Gasteiger partial charge in [0.1, 0.15) is 5.69 Å². The van der Waals surface area contributed by atoms with Crippen LogP contribution in [0, 0.1) is 11.6 Å². The van der Waals surface area contributed by atoms with E-state index in [0.29, 0.717) is 5.39 Å². The Morgan fingerprint density at radius 1 is 1.38 bits per heavy atom. The van der Waals surface area contributed by atoms with Crippen molar-refractivity contribution in [3.63, 3.8) is 0 Å². The Hall–Kier alpha value is -1.51. The molecule has 5 nitrogen and oxygen atoms in total. The van der Waals surface area contributed by atoms with Crippen molar-refractivity contribution < 1.29 is 18.7 Å². The van der Waals surface area contributed by atoms with Crippen molar-refractivity contribution in [3.05, 3.63) is 33.9 Å². The summed E-state index contributed by atoms with van der Waals surface area (Å²) in [5.74, 6) is -2.47. The van der Waals surface area contributed by atoms with Gasteiger partial charge in [-0.05, 0) is 28.1 Å². The van der Waals surface area contributed by atoms with E-state index in [4.69, 9.17) is 5.73 Å². The zero-order chi connectivity index (χ0) is 15.3. The molecule has 1 aromatic heterocycles. The van der Waals surface area contributed by atoms with Crippen LogP contribution in [0.5, 0.6) is 0 Å². The molecule has 4 N–H and O–H groups in total. The van der Waals surface area contributed by atoms with Gasteiger partial charge >= 0.3 is 0 Å². The number of halogens is 3. The number of β-amino-alcohol motifs (C(OH)–C–C–N with tert-alkyl or cyclic N) is 1. The van der Waals surface area contributed by atoms with Crippen LogP contribution < -0.4 is 5.73 Å². The van der Waals surface area contributed by atoms with Gasteiger partial charge in [0.25, 0.3) is 5.91 Å². The predicted molar refractivity (Wildman–Crippen MR) is 75.8 cm³/mol. The molecule has 3 rings (SSSR count). The number of carbonyl (C=O) groups excluding carboxylic acids is 1. The number of hydrogen-bond donors (Lipinski definition) is 3. The maximum atomic E-state index is 13.8. The number of likely N-dealkylation sites (tertiary alicyclic amines) is 1. The van der Waals surface area contributed by atoms with E-state index in [0.717, 1.165) is 0 Å². The number of carbonyl (C=O) groups is 1. The first kappa shape index (κ1) is 14.4. The number of H-pyrrole nitrogens is 1. The second-order valence-corrected chi connectivity index (χ2v) is 5.93. The average Bonchev–Trinajstić information content (AvgIpc) is 3.00. The van der Waals surface area contributed by atoms with Gasteiger partial charge in [0.15, 0.2) is 11.6 Å². The number of benzene rings is 1. The van der Waals surface area contributed by atoms with Crippen molar-refractivity contribution in [3.8, 4) is 0 Å². The van der Waals surface area contributed by atoms with Gasteiger partial charge in [0, 0.05) is 24.5 Å². The van der Waals surface area contributed by atoms with Crippen LogP contribution in [0.25, 0.3) is 10.9 Å². The van der Waals surface area contributed by atoms with Crippen LogP contribution in [-0.4, -0.2) is 46.1 Å². The molecule has 8 heteroatoms. The lowest BCUT2D eigenvalue weighted by molar-refractivity contribution is 0.0760. The van der Waals surface area contributed by atoms with E-state index >= 15 is 0 Å². The maximum Gasteiger partial charge on any atom is 0.270 e. The Labute approximate surface area is 126 Å². The lowest BCUT2D eigenvalue weighted by atomic mass is 10.2. The number of nitrogens with one attached hydrogen (secondary N) is 1. The molecule has 0 unspecified atom stereocenters. The molecule has 0 bridgehead atoms. The summed E-state index contributed by atoms with van der Waals surface area (Å²) in [5, 5.41) is 9.96. The smallest absolute Gasteiger partial charge is 0.270 e.